The van der Waals surface area contributed by atoms with Crippen molar-refractivity contribution in [3.8, 4) is 16.9 Å². The molecule has 1 heterocycles. The van der Waals surface area contributed by atoms with Crippen LogP contribution in [0, 0.1) is 0 Å². The lowest BCUT2D eigenvalue weighted by Crippen LogP contribution is -2.06. The number of carbonyl (C=O) groups is 1. The van der Waals surface area contributed by atoms with Crippen LogP contribution >= 0.6 is 0 Å². The maximum atomic E-state index is 12.8. The third-order valence-corrected chi connectivity index (χ3v) is 4.61. The molecule has 0 unspecified atom stereocenters. The number of ether oxygens (including phenoxy) is 1. The molecule has 144 valence electrons. The monoisotopic (exact) mass is 387 g/mol. The van der Waals surface area contributed by atoms with Gasteiger partial charge in [0.2, 0.25) is 0 Å². The molecule has 0 bridgehead atoms. The number of rotatable bonds is 5. The summed E-state index contributed by atoms with van der Waals surface area (Å²) < 4.78 is 11.4. The Kier molecular flexibility index (Phi) is 4.75. The topological polar surface area (TPSA) is 103 Å². The molecule has 0 aliphatic heterocycles. The van der Waals surface area contributed by atoms with Gasteiger partial charge in [-0.1, -0.05) is 30.3 Å². The van der Waals surface area contributed by atoms with E-state index >= 15 is 0 Å². The summed E-state index contributed by atoms with van der Waals surface area (Å²) in [6, 6.07) is 18.6. The van der Waals surface area contributed by atoms with E-state index in [0.717, 1.165) is 5.56 Å². The van der Waals surface area contributed by atoms with E-state index in [1.165, 1.54) is 12.3 Å². The molecule has 29 heavy (non-hydrogen) atoms. The molecule has 0 spiro atoms. The van der Waals surface area contributed by atoms with Gasteiger partial charge in [-0.3, -0.25) is 4.79 Å². The molecule has 0 fully saturated rings. The summed E-state index contributed by atoms with van der Waals surface area (Å²) in [6.45, 7) is 0.0851. The fourth-order valence-electron chi connectivity index (χ4n) is 3.08. The fraction of sp³-hybridized carbons (Fsp3) is 0.0435. The van der Waals surface area contributed by atoms with Gasteiger partial charge in [0.15, 0.2) is 5.43 Å². The molecule has 3 aromatic carbocycles. The van der Waals surface area contributed by atoms with Gasteiger partial charge in [-0.2, -0.15) is 0 Å². The van der Waals surface area contributed by atoms with E-state index in [2.05, 4.69) is 0 Å². The minimum absolute atomic E-state index is 0.0851. The van der Waals surface area contributed by atoms with Crippen LogP contribution in [0.3, 0.4) is 0 Å². The molecular formula is C23H17NO5. The zero-order chi connectivity index (χ0) is 20.4. The van der Waals surface area contributed by atoms with Crippen molar-refractivity contribution in [2.24, 2.45) is 0 Å². The Bertz CT molecular complexity index is 1260. The van der Waals surface area contributed by atoms with Gasteiger partial charge in [0.1, 0.15) is 24.2 Å². The highest BCUT2D eigenvalue weighted by atomic mass is 16.5. The van der Waals surface area contributed by atoms with E-state index in [0.29, 0.717) is 33.5 Å². The first-order chi connectivity index (χ1) is 14.0. The van der Waals surface area contributed by atoms with Crippen LogP contribution in [0.5, 0.6) is 5.75 Å². The highest BCUT2D eigenvalue weighted by Gasteiger charge is 2.12. The minimum Gasteiger partial charge on any atom is -0.489 e. The largest absolute Gasteiger partial charge is 0.489 e. The lowest BCUT2D eigenvalue weighted by molar-refractivity contribution is 0.0694. The summed E-state index contributed by atoms with van der Waals surface area (Å²) in [5.74, 6) is -0.537. The van der Waals surface area contributed by atoms with Crippen LogP contribution in [0.2, 0.25) is 0 Å². The third kappa shape index (κ3) is 3.68. The van der Waals surface area contributed by atoms with E-state index in [-0.39, 0.29) is 17.6 Å². The van der Waals surface area contributed by atoms with Gasteiger partial charge in [-0.25, -0.2) is 4.79 Å². The number of nitrogen functional groups attached to an aromatic ring is 1. The summed E-state index contributed by atoms with van der Waals surface area (Å²) in [5.41, 5.74) is 8.46. The van der Waals surface area contributed by atoms with Crippen molar-refractivity contribution in [1.82, 2.24) is 0 Å². The Morgan fingerprint density at radius 1 is 1.03 bits per heavy atom. The minimum atomic E-state index is -1.01. The summed E-state index contributed by atoms with van der Waals surface area (Å²) in [6.07, 6.45) is 1.42. The van der Waals surface area contributed by atoms with Crippen LogP contribution in [0.15, 0.2) is 82.2 Å². The number of benzene rings is 3. The quantitative estimate of drug-likeness (QED) is 0.495. The summed E-state index contributed by atoms with van der Waals surface area (Å²) >= 11 is 0. The zero-order valence-corrected chi connectivity index (χ0v) is 15.3. The van der Waals surface area contributed by atoms with Crippen LogP contribution in [0.1, 0.15) is 15.9 Å². The predicted molar refractivity (Wildman–Crippen MR) is 110 cm³/mol. The Hall–Kier alpha value is -4.06. The second kappa shape index (κ2) is 7.52. The van der Waals surface area contributed by atoms with Gasteiger partial charge in [-0.05, 0) is 35.9 Å². The van der Waals surface area contributed by atoms with Crippen LogP contribution in [-0.4, -0.2) is 11.1 Å². The van der Waals surface area contributed by atoms with Crippen molar-refractivity contribution < 1.29 is 19.1 Å². The van der Waals surface area contributed by atoms with Gasteiger partial charge >= 0.3 is 5.97 Å². The van der Waals surface area contributed by atoms with Crippen LogP contribution in [0.4, 0.5) is 5.69 Å². The number of nitrogens with two attached hydrogens (primary N) is 1. The second-order valence-corrected chi connectivity index (χ2v) is 6.51. The van der Waals surface area contributed by atoms with Crippen molar-refractivity contribution in [2.75, 3.05) is 5.73 Å². The summed E-state index contributed by atoms with van der Waals surface area (Å²) in [4.78, 5) is 24.1. The molecule has 0 atom stereocenters. The number of carboxylic acids is 1. The van der Waals surface area contributed by atoms with Crippen LogP contribution in [-0.2, 0) is 6.61 Å². The zero-order valence-electron chi connectivity index (χ0n) is 15.3. The first-order valence-corrected chi connectivity index (χ1v) is 8.88. The van der Waals surface area contributed by atoms with Gasteiger partial charge in [0.05, 0.1) is 16.5 Å². The van der Waals surface area contributed by atoms with Crippen molar-refractivity contribution in [3.05, 3.63) is 94.3 Å². The Labute approximate surface area is 165 Å². The van der Waals surface area contributed by atoms with Gasteiger partial charge < -0.3 is 20.0 Å². The average molecular weight is 387 g/mol. The lowest BCUT2D eigenvalue weighted by atomic mass is 10.1. The van der Waals surface area contributed by atoms with Crippen molar-refractivity contribution in [2.45, 2.75) is 6.61 Å². The maximum Gasteiger partial charge on any atom is 0.336 e. The molecule has 6 heteroatoms. The molecule has 0 radical (unpaired) electrons. The molecule has 6 nitrogen and oxygen atoms in total. The van der Waals surface area contributed by atoms with Crippen molar-refractivity contribution >= 4 is 22.6 Å². The van der Waals surface area contributed by atoms with Crippen LogP contribution < -0.4 is 15.9 Å². The molecule has 0 saturated carbocycles. The number of hydrogen-bond donors (Lipinski definition) is 2. The normalized spacial score (nSPS) is 10.8. The number of anilines is 1. The Morgan fingerprint density at radius 2 is 1.79 bits per heavy atom. The van der Waals surface area contributed by atoms with E-state index in [4.69, 9.17) is 14.9 Å². The van der Waals surface area contributed by atoms with Gasteiger partial charge in [-0.15, -0.1) is 0 Å². The van der Waals surface area contributed by atoms with Crippen molar-refractivity contribution in [1.29, 1.82) is 0 Å². The molecule has 0 aliphatic rings. The maximum absolute atomic E-state index is 12.8. The number of aromatic carboxylic acids is 1. The van der Waals surface area contributed by atoms with Crippen LogP contribution in [0.25, 0.3) is 22.1 Å². The molecule has 0 saturated heterocycles. The van der Waals surface area contributed by atoms with E-state index in [1.54, 1.807) is 60.7 Å². The molecule has 0 amide bonds. The first kappa shape index (κ1) is 18.3. The third-order valence-electron chi connectivity index (χ3n) is 4.61. The molecule has 4 rings (SSSR count). The smallest absolute Gasteiger partial charge is 0.336 e. The summed E-state index contributed by atoms with van der Waals surface area (Å²) in [5, 5.41) is 9.69. The standard InChI is InChI=1S/C23H17NO5/c24-16-7-5-14(6-8-16)20-13-29-21-11-17(9-10-19(21)22(20)25)28-12-15-3-1-2-4-18(15)23(26)27/h1-11,13H,12,24H2,(H,26,27). The lowest BCUT2D eigenvalue weighted by Gasteiger charge is -2.09. The molecular weight excluding hydrogens is 370 g/mol. The van der Waals surface area contributed by atoms with E-state index in [1.807, 2.05) is 0 Å². The Morgan fingerprint density at radius 3 is 2.55 bits per heavy atom. The highest BCUT2D eigenvalue weighted by Crippen LogP contribution is 2.24. The average Bonchev–Trinajstić information content (AvgIpc) is 2.73. The number of fused-ring (bicyclic) bond motifs is 1. The molecule has 4 aromatic rings. The second-order valence-electron chi connectivity index (χ2n) is 6.51. The van der Waals surface area contributed by atoms with Crippen molar-refractivity contribution in [3.63, 3.8) is 0 Å². The van der Waals surface area contributed by atoms with Gasteiger partial charge in [0.25, 0.3) is 0 Å². The SMILES string of the molecule is Nc1ccc(-c2coc3cc(OCc4ccccc4C(=O)O)ccc3c2=O)cc1. The highest BCUT2D eigenvalue weighted by molar-refractivity contribution is 5.89. The molecule has 0 aliphatic carbocycles. The number of hydrogen-bond acceptors (Lipinski definition) is 5. The molecule has 1 aromatic heterocycles. The van der Waals surface area contributed by atoms with Gasteiger partial charge in [0, 0.05) is 17.3 Å². The molecule has 3 N–H and O–H groups in total. The van der Waals surface area contributed by atoms with E-state index < -0.39 is 5.97 Å². The Balaban J connectivity index is 1.62. The van der Waals surface area contributed by atoms with E-state index in [9.17, 15) is 14.7 Å². The number of carboxylic acid groups (broad SMARTS) is 1. The first-order valence-electron chi connectivity index (χ1n) is 8.88. The predicted octanol–water partition coefficient (Wildman–Crippen LogP) is 4.32. The summed E-state index contributed by atoms with van der Waals surface area (Å²) in [7, 11) is 0. The fourth-order valence-corrected chi connectivity index (χ4v) is 3.08.